The lowest BCUT2D eigenvalue weighted by Crippen LogP contribution is -2.43. The van der Waals surface area contributed by atoms with Gasteiger partial charge in [0.25, 0.3) is 0 Å². The summed E-state index contributed by atoms with van der Waals surface area (Å²) >= 11 is 0. The van der Waals surface area contributed by atoms with Gasteiger partial charge in [0.05, 0.1) is 19.3 Å². The van der Waals surface area contributed by atoms with Crippen molar-refractivity contribution in [2.45, 2.75) is 50.9 Å². The molecule has 4 aliphatic rings. The van der Waals surface area contributed by atoms with Gasteiger partial charge in [-0.1, -0.05) is 30.2 Å². The molecule has 104 valence electrons. The van der Waals surface area contributed by atoms with Crippen molar-refractivity contribution in [3.05, 3.63) is 23.3 Å². The Morgan fingerprint density at radius 3 is 2.84 bits per heavy atom. The zero-order valence-corrected chi connectivity index (χ0v) is 11.5. The summed E-state index contributed by atoms with van der Waals surface area (Å²) in [6.07, 6.45) is 9.22. The molecule has 0 aromatic carbocycles. The Bertz CT molecular complexity index is 459. The molecule has 1 aliphatic heterocycles. The van der Waals surface area contributed by atoms with E-state index in [2.05, 4.69) is 19.1 Å². The number of rotatable bonds is 0. The fraction of sp³-hybridized carbons (Fsp3) is 0.750. The van der Waals surface area contributed by atoms with Crippen LogP contribution in [0, 0.1) is 11.3 Å². The third-order valence-corrected chi connectivity index (χ3v) is 5.61. The van der Waals surface area contributed by atoms with Gasteiger partial charge in [0.2, 0.25) is 0 Å². The zero-order chi connectivity index (χ0) is 13.1. The van der Waals surface area contributed by atoms with Gasteiger partial charge in [0.15, 0.2) is 5.79 Å². The van der Waals surface area contributed by atoms with Crippen molar-refractivity contribution in [2.24, 2.45) is 11.3 Å². The molecule has 1 heterocycles. The van der Waals surface area contributed by atoms with Gasteiger partial charge in [-0.2, -0.15) is 0 Å². The maximum atomic E-state index is 9.92. The van der Waals surface area contributed by atoms with E-state index < -0.39 is 0 Å². The minimum atomic E-state index is -0.337. The van der Waals surface area contributed by atoms with E-state index in [0.29, 0.717) is 5.92 Å². The van der Waals surface area contributed by atoms with E-state index in [0.717, 1.165) is 45.3 Å². The molecule has 0 aromatic heterocycles. The van der Waals surface area contributed by atoms with Gasteiger partial charge >= 0.3 is 0 Å². The van der Waals surface area contributed by atoms with Crippen molar-refractivity contribution in [1.82, 2.24) is 0 Å². The molecule has 3 atom stereocenters. The minimum absolute atomic E-state index is 0.140. The third-order valence-electron chi connectivity index (χ3n) is 5.61. The molecule has 0 unspecified atom stereocenters. The van der Waals surface area contributed by atoms with Crippen LogP contribution in [0.3, 0.4) is 0 Å². The van der Waals surface area contributed by atoms with Gasteiger partial charge in [-0.3, -0.25) is 0 Å². The molecule has 4 rings (SSSR count). The summed E-state index contributed by atoms with van der Waals surface area (Å²) in [6.45, 7) is 3.80. The number of ether oxygens (including phenoxy) is 2. The van der Waals surface area contributed by atoms with Crippen molar-refractivity contribution in [3.8, 4) is 0 Å². The molecule has 3 aliphatic carbocycles. The van der Waals surface area contributed by atoms with E-state index >= 15 is 0 Å². The lowest BCUT2D eigenvalue weighted by Gasteiger charge is -2.48. The number of hydrogen-bond donors (Lipinski definition) is 1. The number of fused-ring (bicyclic) bond motifs is 3. The molecule has 1 saturated carbocycles. The fourth-order valence-electron chi connectivity index (χ4n) is 4.52. The molecule has 3 nitrogen and oxygen atoms in total. The van der Waals surface area contributed by atoms with Crippen molar-refractivity contribution in [1.29, 1.82) is 0 Å². The van der Waals surface area contributed by atoms with Gasteiger partial charge in [-0.15, -0.1) is 0 Å². The first-order valence-corrected chi connectivity index (χ1v) is 7.49. The van der Waals surface area contributed by atoms with Crippen LogP contribution in [-0.2, 0) is 9.47 Å². The van der Waals surface area contributed by atoms with Gasteiger partial charge in [-0.05, 0) is 25.2 Å². The van der Waals surface area contributed by atoms with Crippen LogP contribution in [-0.4, -0.2) is 30.2 Å². The van der Waals surface area contributed by atoms with Crippen LogP contribution in [0.5, 0.6) is 0 Å². The van der Waals surface area contributed by atoms with Gasteiger partial charge in [-0.25, -0.2) is 0 Å². The molecule has 2 fully saturated rings. The lowest BCUT2D eigenvalue weighted by atomic mass is 9.60. The van der Waals surface area contributed by atoms with Crippen molar-refractivity contribution in [3.63, 3.8) is 0 Å². The monoisotopic (exact) mass is 262 g/mol. The van der Waals surface area contributed by atoms with Crippen molar-refractivity contribution >= 4 is 0 Å². The van der Waals surface area contributed by atoms with Crippen LogP contribution >= 0.6 is 0 Å². The Kier molecular flexibility index (Phi) is 2.51. The third kappa shape index (κ3) is 1.68. The second kappa shape index (κ2) is 3.94. The topological polar surface area (TPSA) is 38.7 Å². The van der Waals surface area contributed by atoms with Crippen LogP contribution in [0.2, 0.25) is 0 Å². The number of aliphatic hydroxyl groups excluding tert-OH is 1. The molecule has 0 bridgehead atoms. The van der Waals surface area contributed by atoms with E-state index in [4.69, 9.17) is 9.47 Å². The Balaban J connectivity index is 1.68. The highest BCUT2D eigenvalue weighted by atomic mass is 16.7. The normalized spacial score (nSPS) is 43.7. The maximum absolute atomic E-state index is 9.92. The summed E-state index contributed by atoms with van der Waals surface area (Å²) in [4.78, 5) is 0. The van der Waals surface area contributed by atoms with Crippen LogP contribution < -0.4 is 0 Å². The summed E-state index contributed by atoms with van der Waals surface area (Å²) in [5, 5.41) is 9.92. The quantitative estimate of drug-likeness (QED) is 0.682. The van der Waals surface area contributed by atoms with Gasteiger partial charge in [0.1, 0.15) is 0 Å². The summed E-state index contributed by atoms with van der Waals surface area (Å²) in [6, 6.07) is 0. The molecular formula is C16H22O3. The SMILES string of the molecule is C[C@]12CCC3(CC1=CC[C@H]1C[C@@H](O)C=C12)OCCO3. The van der Waals surface area contributed by atoms with E-state index in [1.165, 1.54) is 11.1 Å². The smallest absolute Gasteiger partial charge is 0.172 e. The van der Waals surface area contributed by atoms with E-state index in [1.54, 1.807) is 0 Å². The van der Waals surface area contributed by atoms with E-state index in [-0.39, 0.29) is 17.3 Å². The highest BCUT2D eigenvalue weighted by molar-refractivity contribution is 5.40. The summed E-state index contributed by atoms with van der Waals surface area (Å²) < 4.78 is 11.8. The first kappa shape index (κ1) is 12.1. The predicted molar refractivity (Wildman–Crippen MR) is 71.5 cm³/mol. The lowest BCUT2D eigenvalue weighted by molar-refractivity contribution is -0.175. The first-order chi connectivity index (χ1) is 9.11. The standard InChI is InChI=1S/C16H22O3/c1-15-4-5-16(18-6-7-19-16)10-12(15)3-2-11-8-13(17)9-14(11)15/h3,9,11,13,17H,2,4-8,10H2,1H3/t11-,13+,15-/m0/s1. The molecule has 0 aromatic rings. The average Bonchev–Trinajstić information content (AvgIpc) is 2.98. The summed E-state index contributed by atoms with van der Waals surface area (Å²) in [5.41, 5.74) is 3.09. The number of allylic oxidation sites excluding steroid dienone is 2. The van der Waals surface area contributed by atoms with Crippen LogP contribution in [0.15, 0.2) is 23.3 Å². The Labute approximate surface area is 114 Å². The maximum Gasteiger partial charge on any atom is 0.172 e. The Hall–Kier alpha value is -0.640. The van der Waals surface area contributed by atoms with Gasteiger partial charge < -0.3 is 14.6 Å². The van der Waals surface area contributed by atoms with Crippen LogP contribution in [0.4, 0.5) is 0 Å². The molecule has 0 radical (unpaired) electrons. The average molecular weight is 262 g/mol. The second-order valence-electron chi connectivity index (χ2n) is 6.70. The molecule has 3 heteroatoms. The Morgan fingerprint density at radius 2 is 2.05 bits per heavy atom. The Morgan fingerprint density at radius 1 is 1.26 bits per heavy atom. The highest BCUT2D eigenvalue weighted by Crippen LogP contribution is 2.58. The molecule has 1 saturated heterocycles. The van der Waals surface area contributed by atoms with E-state index in [9.17, 15) is 5.11 Å². The largest absolute Gasteiger partial charge is 0.389 e. The first-order valence-electron chi connectivity index (χ1n) is 7.49. The fourth-order valence-corrected chi connectivity index (χ4v) is 4.52. The zero-order valence-electron chi connectivity index (χ0n) is 11.5. The summed E-state index contributed by atoms with van der Waals surface area (Å²) in [7, 11) is 0. The van der Waals surface area contributed by atoms with Crippen molar-refractivity contribution < 1.29 is 14.6 Å². The van der Waals surface area contributed by atoms with Crippen molar-refractivity contribution in [2.75, 3.05) is 13.2 Å². The van der Waals surface area contributed by atoms with Crippen LogP contribution in [0.25, 0.3) is 0 Å². The number of hydrogen-bond acceptors (Lipinski definition) is 3. The van der Waals surface area contributed by atoms with Crippen LogP contribution in [0.1, 0.15) is 39.0 Å². The molecule has 1 spiro atoms. The molecule has 0 amide bonds. The second-order valence-corrected chi connectivity index (χ2v) is 6.70. The molecule has 19 heavy (non-hydrogen) atoms. The molecule has 1 N–H and O–H groups in total. The minimum Gasteiger partial charge on any atom is -0.389 e. The number of aliphatic hydroxyl groups is 1. The highest BCUT2D eigenvalue weighted by Gasteiger charge is 2.51. The van der Waals surface area contributed by atoms with E-state index in [1.807, 2.05) is 0 Å². The predicted octanol–water partition coefficient (Wildman–Crippen LogP) is 2.56. The summed E-state index contributed by atoms with van der Waals surface area (Å²) in [5.74, 6) is 0.221. The molecular weight excluding hydrogens is 240 g/mol. The van der Waals surface area contributed by atoms with Gasteiger partial charge in [0, 0.05) is 18.3 Å².